The summed E-state index contributed by atoms with van der Waals surface area (Å²) in [6.45, 7) is 0. The molecule has 0 unspecified atom stereocenters. The Bertz CT molecular complexity index is 583. The van der Waals surface area contributed by atoms with Crippen molar-refractivity contribution in [3.63, 3.8) is 0 Å². The maximum absolute atomic E-state index is 11.3. The summed E-state index contributed by atoms with van der Waals surface area (Å²) in [4.78, 5) is 0. The molecule has 0 atom stereocenters. The van der Waals surface area contributed by atoms with Gasteiger partial charge in [-0.3, -0.25) is 0 Å². The van der Waals surface area contributed by atoms with Crippen LogP contribution in [0.3, 0.4) is 0 Å². The van der Waals surface area contributed by atoms with Gasteiger partial charge in [0.1, 0.15) is 5.75 Å². The summed E-state index contributed by atoms with van der Waals surface area (Å²) in [5.41, 5.74) is 0.493. The average molecular weight is 211 g/mol. The van der Waals surface area contributed by atoms with Gasteiger partial charge in [-0.1, -0.05) is 6.07 Å². The van der Waals surface area contributed by atoms with E-state index in [1.807, 2.05) is 0 Å². The number of aromatic nitrogens is 1. The topological polar surface area (TPSA) is 59.3 Å². The lowest BCUT2D eigenvalue weighted by Gasteiger charge is -2.01. The van der Waals surface area contributed by atoms with Crippen LogP contribution in [0.25, 0.3) is 10.9 Å². The van der Waals surface area contributed by atoms with Crippen LogP contribution in [0.5, 0.6) is 5.75 Å². The van der Waals surface area contributed by atoms with Gasteiger partial charge in [0.15, 0.2) is 0 Å². The van der Waals surface area contributed by atoms with Crippen molar-refractivity contribution in [2.45, 2.75) is 0 Å². The van der Waals surface area contributed by atoms with Gasteiger partial charge < -0.3 is 5.11 Å². The number of aromatic hydroxyl groups is 1. The van der Waals surface area contributed by atoms with E-state index in [1.165, 1.54) is 12.3 Å². The van der Waals surface area contributed by atoms with Gasteiger partial charge >= 0.3 is 0 Å². The highest BCUT2D eigenvalue weighted by Crippen LogP contribution is 2.25. The van der Waals surface area contributed by atoms with Crippen LogP contribution in [-0.2, 0) is 10.0 Å². The van der Waals surface area contributed by atoms with Crippen molar-refractivity contribution >= 4 is 20.9 Å². The predicted molar refractivity (Wildman–Crippen MR) is 53.8 cm³/mol. The Labute approximate surface area is 81.5 Å². The van der Waals surface area contributed by atoms with Crippen LogP contribution >= 0.6 is 0 Å². The molecular formula is C9H9NO3S. The van der Waals surface area contributed by atoms with Crippen molar-refractivity contribution in [3.8, 4) is 5.75 Å². The van der Waals surface area contributed by atoms with E-state index in [-0.39, 0.29) is 5.75 Å². The summed E-state index contributed by atoms with van der Waals surface area (Å²) in [7, 11) is -3.30. The Morgan fingerprint density at radius 2 is 2.00 bits per heavy atom. The first kappa shape index (κ1) is 9.08. The molecule has 1 aromatic carbocycles. The van der Waals surface area contributed by atoms with Gasteiger partial charge in [0, 0.05) is 11.6 Å². The molecular weight excluding hydrogens is 202 g/mol. The van der Waals surface area contributed by atoms with Crippen molar-refractivity contribution < 1.29 is 13.5 Å². The molecule has 2 rings (SSSR count). The van der Waals surface area contributed by atoms with Crippen molar-refractivity contribution in [1.29, 1.82) is 0 Å². The fourth-order valence-electron chi connectivity index (χ4n) is 1.42. The van der Waals surface area contributed by atoms with Gasteiger partial charge in [-0.2, -0.15) is 0 Å². The minimum atomic E-state index is -3.30. The average Bonchev–Trinajstić information content (AvgIpc) is 2.47. The number of nitrogens with zero attached hydrogens (tertiary/aromatic N) is 1. The first-order valence-corrected chi connectivity index (χ1v) is 5.84. The lowest BCUT2D eigenvalue weighted by atomic mass is 10.2. The van der Waals surface area contributed by atoms with Crippen LogP contribution in [0.15, 0.2) is 30.5 Å². The number of fused-ring (bicyclic) bond motifs is 1. The first-order chi connectivity index (χ1) is 6.50. The predicted octanol–water partition coefficient (Wildman–Crippen LogP) is 1.15. The second-order valence-corrected chi connectivity index (χ2v) is 4.94. The van der Waals surface area contributed by atoms with Crippen LogP contribution in [0.4, 0.5) is 0 Å². The van der Waals surface area contributed by atoms with E-state index < -0.39 is 10.0 Å². The third kappa shape index (κ3) is 1.26. The molecule has 0 aliphatic heterocycles. The van der Waals surface area contributed by atoms with Crippen LogP contribution in [0.2, 0.25) is 0 Å². The largest absolute Gasteiger partial charge is 0.507 e. The van der Waals surface area contributed by atoms with Gasteiger partial charge in [-0.15, -0.1) is 0 Å². The Hall–Kier alpha value is -1.49. The Morgan fingerprint density at radius 3 is 2.64 bits per heavy atom. The molecule has 0 fully saturated rings. The quantitative estimate of drug-likeness (QED) is 0.769. The minimum absolute atomic E-state index is 0.0879. The molecule has 0 saturated heterocycles. The molecule has 5 heteroatoms. The van der Waals surface area contributed by atoms with Crippen molar-refractivity contribution in [2.75, 3.05) is 6.26 Å². The fourth-order valence-corrected chi connectivity index (χ4v) is 2.21. The maximum atomic E-state index is 11.3. The summed E-state index contributed by atoms with van der Waals surface area (Å²) >= 11 is 0. The zero-order valence-electron chi connectivity index (χ0n) is 7.51. The highest BCUT2D eigenvalue weighted by Gasteiger charge is 2.10. The highest BCUT2D eigenvalue weighted by molar-refractivity contribution is 7.89. The molecule has 0 amide bonds. The molecule has 0 aliphatic carbocycles. The Balaban J connectivity index is 2.90. The molecule has 1 aromatic heterocycles. The monoisotopic (exact) mass is 211 g/mol. The SMILES string of the molecule is CS(=O)(=O)n1ccc2c(O)cccc21. The number of hydrogen-bond donors (Lipinski definition) is 1. The lowest BCUT2D eigenvalue weighted by molar-refractivity contribution is 0.481. The number of benzene rings is 1. The van der Waals surface area contributed by atoms with E-state index in [0.29, 0.717) is 10.9 Å². The van der Waals surface area contributed by atoms with Crippen molar-refractivity contribution in [2.24, 2.45) is 0 Å². The second-order valence-electron chi connectivity index (χ2n) is 3.08. The molecule has 2 aromatic rings. The van der Waals surface area contributed by atoms with Crippen LogP contribution in [0.1, 0.15) is 0 Å². The minimum Gasteiger partial charge on any atom is -0.507 e. The number of rotatable bonds is 1. The second kappa shape index (κ2) is 2.75. The third-order valence-electron chi connectivity index (χ3n) is 2.03. The van der Waals surface area contributed by atoms with Gasteiger partial charge in [-0.25, -0.2) is 12.4 Å². The summed E-state index contributed by atoms with van der Waals surface area (Å²) in [5, 5.41) is 9.98. The van der Waals surface area contributed by atoms with E-state index in [2.05, 4.69) is 0 Å². The number of hydrogen-bond acceptors (Lipinski definition) is 3. The lowest BCUT2D eigenvalue weighted by Crippen LogP contribution is -2.07. The number of phenolic OH excluding ortho intramolecular Hbond substituents is 1. The van der Waals surface area contributed by atoms with E-state index >= 15 is 0 Å². The van der Waals surface area contributed by atoms with E-state index in [4.69, 9.17) is 0 Å². The van der Waals surface area contributed by atoms with Crippen molar-refractivity contribution in [3.05, 3.63) is 30.5 Å². The molecule has 0 aliphatic rings. The smallest absolute Gasteiger partial charge is 0.236 e. The van der Waals surface area contributed by atoms with Crippen LogP contribution in [-0.4, -0.2) is 23.8 Å². The number of phenols is 1. The van der Waals surface area contributed by atoms with E-state index in [9.17, 15) is 13.5 Å². The maximum Gasteiger partial charge on any atom is 0.236 e. The van der Waals surface area contributed by atoms with Gasteiger partial charge in [-0.05, 0) is 18.2 Å². The molecule has 74 valence electrons. The van der Waals surface area contributed by atoms with Crippen LogP contribution in [0, 0.1) is 0 Å². The summed E-state index contributed by atoms with van der Waals surface area (Å²) in [6.07, 6.45) is 2.55. The Kier molecular flexibility index (Phi) is 1.78. The van der Waals surface area contributed by atoms with Gasteiger partial charge in [0.2, 0.25) is 10.0 Å². The van der Waals surface area contributed by atoms with E-state index in [1.54, 1.807) is 18.2 Å². The van der Waals surface area contributed by atoms with Gasteiger partial charge in [0.25, 0.3) is 0 Å². The summed E-state index contributed by atoms with van der Waals surface area (Å²) in [6, 6.07) is 6.36. The standard InChI is InChI=1S/C9H9NO3S/c1-14(12,13)10-6-5-7-8(10)3-2-4-9(7)11/h2-6,11H,1H3. The normalized spacial score (nSPS) is 12.1. The highest BCUT2D eigenvalue weighted by atomic mass is 32.2. The molecule has 0 radical (unpaired) electrons. The first-order valence-electron chi connectivity index (χ1n) is 4.00. The zero-order chi connectivity index (χ0) is 10.3. The molecule has 1 N–H and O–H groups in total. The van der Waals surface area contributed by atoms with E-state index in [0.717, 1.165) is 10.2 Å². The molecule has 0 saturated carbocycles. The Morgan fingerprint density at radius 1 is 1.29 bits per heavy atom. The fraction of sp³-hybridized carbons (Fsp3) is 0.111. The molecule has 0 bridgehead atoms. The molecule has 1 heterocycles. The molecule has 14 heavy (non-hydrogen) atoms. The van der Waals surface area contributed by atoms with Crippen LogP contribution < -0.4 is 0 Å². The third-order valence-corrected chi connectivity index (χ3v) is 3.06. The molecule has 0 spiro atoms. The summed E-state index contributed by atoms with van der Waals surface area (Å²) in [5.74, 6) is 0.0879. The molecule has 4 nitrogen and oxygen atoms in total. The summed E-state index contributed by atoms with van der Waals surface area (Å²) < 4.78 is 23.7. The van der Waals surface area contributed by atoms with Gasteiger partial charge in [0.05, 0.1) is 11.8 Å². The zero-order valence-corrected chi connectivity index (χ0v) is 8.32. The van der Waals surface area contributed by atoms with Crippen molar-refractivity contribution in [1.82, 2.24) is 3.97 Å².